The van der Waals surface area contributed by atoms with Crippen LogP contribution in [-0.4, -0.2) is 23.4 Å². The molecular weight excluding hydrogens is 432 g/mol. The molecule has 0 aliphatic heterocycles. The average molecular weight is 467 g/mol. The molecule has 0 unspecified atom stereocenters. The Kier molecular flexibility index (Phi) is 6.44. The number of phenolic OH excluding ortho intramolecular Hbond substituents is 1. The highest BCUT2D eigenvalue weighted by atomic mass is 35.5. The predicted molar refractivity (Wildman–Crippen MR) is 132 cm³/mol. The van der Waals surface area contributed by atoms with Gasteiger partial charge in [-0.3, -0.25) is 4.79 Å². The summed E-state index contributed by atoms with van der Waals surface area (Å²) in [5.74, 6) is 4.15. The van der Waals surface area contributed by atoms with Crippen LogP contribution in [0.3, 0.4) is 0 Å². The summed E-state index contributed by atoms with van der Waals surface area (Å²) < 4.78 is 5.95. The van der Waals surface area contributed by atoms with Crippen LogP contribution in [0.25, 0.3) is 0 Å². The number of unbranched alkanes of at least 4 members (excludes halogenated alkanes) is 2. The van der Waals surface area contributed by atoms with Crippen LogP contribution < -0.4 is 4.74 Å². The van der Waals surface area contributed by atoms with E-state index >= 15 is 0 Å². The van der Waals surface area contributed by atoms with Gasteiger partial charge < -0.3 is 9.84 Å². The number of rotatable bonds is 7. The summed E-state index contributed by atoms with van der Waals surface area (Å²) >= 11 is 5.75. The Morgan fingerprint density at radius 1 is 1.06 bits per heavy atom. The molecule has 0 aromatic heterocycles. The second-order valence-corrected chi connectivity index (χ2v) is 11.0. The van der Waals surface area contributed by atoms with Gasteiger partial charge in [-0.2, -0.15) is 0 Å². The molecule has 0 radical (unpaired) electrons. The summed E-state index contributed by atoms with van der Waals surface area (Å²) in [4.78, 5) is 13.1. The van der Waals surface area contributed by atoms with Gasteiger partial charge in [0.2, 0.25) is 0 Å². The number of alkyl halides is 1. The number of carbonyl (C=O) groups excluding carboxylic acids is 1. The number of aromatic hydroxyl groups is 1. The second-order valence-electron chi connectivity index (χ2n) is 10.6. The van der Waals surface area contributed by atoms with E-state index < -0.39 is 0 Å². The first-order valence-electron chi connectivity index (χ1n) is 12.6. The standard InChI is InChI=1S/C29H35ClO3/c1-29-18-25(19-5-9-22(10-6-19)33-16-4-2-3-15-30)28-23-12-8-21(31)17-20(23)7-11-24(28)26(29)13-14-27(29)32/h5-6,8-10,12,17,24-26,28,31H,2-4,7,11,13-16,18H2,1H3/t24-,25+,26-,28+,29-/m0/s1. The highest BCUT2D eigenvalue weighted by molar-refractivity contribution is 6.17. The Balaban J connectivity index is 1.43. The smallest absolute Gasteiger partial charge is 0.139 e. The molecule has 5 atom stereocenters. The molecule has 0 spiro atoms. The first-order valence-corrected chi connectivity index (χ1v) is 13.2. The number of ether oxygens (including phenoxy) is 1. The van der Waals surface area contributed by atoms with Crippen molar-refractivity contribution >= 4 is 17.4 Å². The lowest BCUT2D eigenvalue weighted by atomic mass is 9.51. The molecule has 2 saturated carbocycles. The number of carbonyl (C=O) groups is 1. The largest absolute Gasteiger partial charge is 0.508 e. The number of fused-ring (bicyclic) bond motifs is 5. The molecule has 33 heavy (non-hydrogen) atoms. The number of Topliss-reactive ketones (excluding diaryl/α,β-unsaturated/α-hetero) is 1. The van der Waals surface area contributed by atoms with E-state index in [1.165, 1.54) is 16.7 Å². The molecule has 0 saturated heterocycles. The van der Waals surface area contributed by atoms with E-state index in [-0.39, 0.29) is 5.41 Å². The predicted octanol–water partition coefficient (Wildman–Crippen LogP) is 7.00. The zero-order chi connectivity index (χ0) is 23.0. The molecule has 3 aliphatic rings. The molecule has 2 aromatic rings. The number of halogens is 1. The van der Waals surface area contributed by atoms with Crippen LogP contribution in [0.2, 0.25) is 0 Å². The molecule has 1 N–H and O–H groups in total. The van der Waals surface area contributed by atoms with Gasteiger partial charge in [0.05, 0.1) is 6.61 Å². The minimum absolute atomic E-state index is 0.210. The number of benzene rings is 2. The molecule has 4 heteroatoms. The van der Waals surface area contributed by atoms with Gasteiger partial charge in [-0.1, -0.05) is 25.1 Å². The Morgan fingerprint density at radius 2 is 1.88 bits per heavy atom. The van der Waals surface area contributed by atoms with Crippen molar-refractivity contribution in [1.82, 2.24) is 0 Å². The Morgan fingerprint density at radius 3 is 2.67 bits per heavy atom. The third kappa shape index (κ3) is 4.18. The summed E-state index contributed by atoms with van der Waals surface area (Å²) in [5, 5.41) is 10.1. The van der Waals surface area contributed by atoms with Crippen molar-refractivity contribution < 1.29 is 14.6 Å². The fraction of sp³-hybridized carbons (Fsp3) is 0.552. The van der Waals surface area contributed by atoms with E-state index in [1.54, 1.807) is 0 Å². The molecule has 0 heterocycles. The van der Waals surface area contributed by atoms with Crippen LogP contribution in [0.4, 0.5) is 0 Å². The fourth-order valence-electron chi connectivity index (χ4n) is 7.17. The third-order valence-electron chi connectivity index (χ3n) is 8.78. The zero-order valence-electron chi connectivity index (χ0n) is 19.6. The van der Waals surface area contributed by atoms with Crippen LogP contribution in [0.1, 0.15) is 80.4 Å². The van der Waals surface area contributed by atoms with Gasteiger partial charge in [0, 0.05) is 17.7 Å². The van der Waals surface area contributed by atoms with Gasteiger partial charge in [0.15, 0.2) is 0 Å². The molecule has 176 valence electrons. The normalized spacial score (nSPS) is 30.4. The summed E-state index contributed by atoms with van der Waals surface area (Å²) in [5.41, 5.74) is 3.76. The van der Waals surface area contributed by atoms with Gasteiger partial charge in [-0.15, -0.1) is 11.6 Å². The summed E-state index contributed by atoms with van der Waals surface area (Å²) in [6.45, 7) is 2.95. The summed E-state index contributed by atoms with van der Waals surface area (Å²) in [6, 6.07) is 14.6. The van der Waals surface area contributed by atoms with E-state index in [9.17, 15) is 9.90 Å². The van der Waals surface area contributed by atoms with Gasteiger partial charge in [-0.25, -0.2) is 0 Å². The molecule has 0 amide bonds. The van der Waals surface area contributed by atoms with Crippen molar-refractivity contribution in [2.75, 3.05) is 12.5 Å². The van der Waals surface area contributed by atoms with Crippen LogP contribution in [0.15, 0.2) is 42.5 Å². The Bertz CT molecular complexity index is 1000. The second kappa shape index (κ2) is 9.33. The molecule has 2 aromatic carbocycles. The topological polar surface area (TPSA) is 46.5 Å². The maximum atomic E-state index is 13.1. The van der Waals surface area contributed by atoms with E-state index in [1.807, 2.05) is 12.1 Å². The maximum Gasteiger partial charge on any atom is 0.139 e. The first kappa shape index (κ1) is 22.8. The zero-order valence-corrected chi connectivity index (χ0v) is 20.3. The minimum Gasteiger partial charge on any atom is -0.508 e. The Hall–Kier alpha value is -2.00. The summed E-state index contributed by atoms with van der Waals surface area (Å²) in [6.07, 6.45) is 7.93. The Labute approximate surface area is 202 Å². The summed E-state index contributed by atoms with van der Waals surface area (Å²) in [7, 11) is 0. The van der Waals surface area contributed by atoms with Crippen molar-refractivity contribution in [3.63, 3.8) is 0 Å². The lowest BCUT2D eigenvalue weighted by Gasteiger charge is -2.52. The average Bonchev–Trinajstić information content (AvgIpc) is 3.12. The lowest BCUT2D eigenvalue weighted by molar-refractivity contribution is -0.130. The number of hydrogen-bond donors (Lipinski definition) is 1. The SMILES string of the molecule is C[C@]12C[C@H](c3ccc(OCCCCCCl)cc3)[C@@H]3c4ccc(O)cc4CC[C@H]3[C@@H]1CCC2=O. The molecule has 5 rings (SSSR count). The number of phenols is 1. The van der Waals surface area contributed by atoms with Gasteiger partial charge in [0.25, 0.3) is 0 Å². The first-order chi connectivity index (χ1) is 16.0. The van der Waals surface area contributed by atoms with Crippen molar-refractivity contribution in [2.45, 2.75) is 70.1 Å². The van der Waals surface area contributed by atoms with Crippen LogP contribution in [0.5, 0.6) is 11.5 Å². The van der Waals surface area contributed by atoms with Crippen molar-refractivity contribution in [1.29, 1.82) is 0 Å². The van der Waals surface area contributed by atoms with Crippen LogP contribution in [-0.2, 0) is 11.2 Å². The van der Waals surface area contributed by atoms with Crippen molar-refractivity contribution in [2.24, 2.45) is 17.3 Å². The van der Waals surface area contributed by atoms with E-state index in [0.29, 0.717) is 41.1 Å². The fourth-order valence-corrected chi connectivity index (χ4v) is 7.35. The van der Waals surface area contributed by atoms with Gasteiger partial charge >= 0.3 is 0 Å². The molecule has 0 bridgehead atoms. The maximum absolute atomic E-state index is 13.1. The monoisotopic (exact) mass is 466 g/mol. The minimum atomic E-state index is -0.210. The highest BCUT2D eigenvalue weighted by Gasteiger charge is 2.57. The third-order valence-corrected chi connectivity index (χ3v) is 9.05. The highest BCUT2D eigenvalue weighted by Crippen LogP contribution is 2.64. The molecule has 3 nitrogen and oxygen atoms in total. The van der Waals surface area contributed by atoms with Gasteiger partial charge in [0.1, 0.15) is 17.3 Å². The molecular formula is C29H35ClO3. The molecule has 2 fully saturated rings. The van der Waals surface area contributed by atoms with Crippen LogP contribution >= 0.6 is 11.6 Å². The number of aryl methyl sites for hydroxylation is 1. The van der Waals surface area contributed by atoms with Gasteiger partial charge in [-0.05, 0) is 110 Å². The number of hydrogen-bond acceptors (Lipinski definition) is 3. The van der Waals surface area contributed by atoms with E-state index in [4.69, 9.17) is 16.3 Å². The molecule has 3 aliphatic carbocycles. The van der Waals surface area contributed by atoms with E-state index in [0.717, 1.165) is 63.7 Å². The van der Waals surface area contributed by atoms with Crippen molar-refractivity contribution in [3.05, 3.63) is 59.2 Å². The number of ketones is 1. The van der Waals surface area contributed by atoms with Crippen molar-refractivity contribution in [3.8, 4) is 11.5 Å². The van der Waals surface area contributed by atoms with Crippen LogP contribution in [0, 0.1) is 17.3 Å². The van der Waals surface area contributed by atoms with E-state index in [2.05, 4.69) is 37.3 Å². The lowest BCUT2D eigenvalue weighted by Crippen LogP contribution is -2.45. The quantitative estimate of drug-likeness (QED) is 0.353.